The van der Waals surface area contributed by atoms with Crippen molar-refractivity contribution in [3.63, 3.8) is 0 Å². The number of carbonyl (C=O) groups excluding carboxylic acids is 1. The first-order valence-electron chi connectivity index (χ1n) is 7.18. The van der Waals surface area contributed by atoms with Gasteiger partial charge in [0.1, 0.15) is 11.9 Å². The average molecular weight is 390 g/mol. The van der Waals surface area contributed by atoms with Gasteiger partial charge in [0.15, 0.2) is 0 Å². The Morgan fingerprint density at radius 3 is 2.57 bits per heavy atom. The molecule has 0 aliphatic heterocycles. The Morgan fingerprint density at radius 1 is 1.39 bits per heavy atom. The van der Waals surface area contributed by atoms with Crippen LogP contribution in [0, 0.1) is 5.82 Å². The van der Waals surface area contributed by atoms with Crippen LogP contribution in [0.4, 0.5) is 4.39 Å². The lowest BCUT2D eigenvalue weighted by Gasteiger charge is -2.21. The highest BCUT2D eigenvalue weighted by Crippen LogP contribution is 2.16. The van der Waals surface area contributed by atoms with Crippen molar-refractivity contribution >= 4 is 27.8 Å². The summed E-state index contributed by atoms with van der Waals surface area (Å²) in [5, 5.41) is 11.6. The Hall–Kier alpha value is -1.47. The molecule has 5 nitrogen and oxygen atoms in total. The van der Waals surface area contributed by atoms with E-state index in [-0.39, 0.29) is 25.0 Å². The number of ether oxygens (including phenoxy) is 1. The molecule has 0 saturated carbocycles. The number of carboxylic acid groups (broad SMARTS) is 1. The lowest BCUT2D eigenvalue weighted by atomic mass is 10.1. The number of carbonyl (C=O) groups is 2. The maximum Gasteiger partial charge on any atom is 0.326 e. The fourth-order valence-electron chi connectivity index (χ4n) is 1.82. The monoisotopic (exact) mass is 389 g/mol. The molecule has 1 atom stereocenters. The van der Waals surface area contributed by atoms with Gasteiger partial charge in [-0.25, -0.2) is 9.18 Å². The quantitative estimate of drug-likeness (QED) is 0.751. The fraction of sp³-hybridized carbons (Fsp3) is 0.500. The van der Waals surface area contributed by atoms with Crippen molar-refractivity contribution in [3.8, 4) is 0 Å². The van der Waals surface area contributed by atoms with Crippen LogP contribution in [-0.4, -0.2) is 35.2 Å². The number of nitrogens with one attached hydrogen (secondary N) is 1. The summed E-state index contributed by atoms with van der Waals surface area (Å²) in [6.45, 7) is 5.81. The summed E-state index contributed by atoms with van der Waals surface area (Å²) < 4.78 is 19.2. The second-order valence-electron chi connectivity index (χ2n) is 6.13. The second-order valence-corrected chi connectivity index (χ2v) is 6.99. The molecule has 0 spiro atoms. The largest absolute Gasteiger partial charge is 0.480 e. The van der Waals surface area contributed by atoms with E-state index in [1.165, 1.54) is 12.1 Å². The van der Waals surface area contributed by atoms with Crippen LogP contribution >= 0.6 is 15.9 Å². The molecule has 128 valence electrons. The van der Waals surface area contributed by atoms with E-state index in [1.807, 2.05) is 20.8 Å². The van der Waals surface area contributed by atoms with Gasteiger partial charge in [-0.05, 0) is 54.4 Å². The topological polar surface area (TPSA) is 75.6 Å². The second kappa shape index (κ2) is 8.40. The fourth-order valence-corrected chi connectivity index (χ4v) is 2.07. The summed E-state index contributed by atoms with van der Waals surface area (Å²) in [5.74, 6) is -2.07. The Bertz CT molecular complexity index is 572. The molecule has 0 aromatic heterocycles. The number of carboxylic acids is 1. The normalized spacial score (nSPS) is 12.7. The average Bonchev–Trinajstić information content (AvgIpc) is 2.40. The van der Waals surface area contributed by atoms with Crippen LogP contribution in [-0.2, 0) is 20.7 Å². The van der Waals surface area contributed by atoms with Crippen LogP contribution in [0.15, 0.2) is 22.7 Å². The van der Waals surface area contributed by atoms with Gasteiger partial charge in [-0.3, -0.25) is 4.79 Å². The zero-order chi connectivity index (χ0) is 17.6. The molecule has 0 aliphatic carbocycles. The summed E-state index contributed by atoms with van der Waals surface area (Å²) in [7, 11) is 0. The van der Waals surface area contributed by atoms with Gasteiger partial charge in [0.05, 0.1) is 16.5 Å². The van der Waals surface area contributed by atoms with Crippen LogP contribution in [0.3, 0.4) is 0 Å². The van der Waals surface area contributed by atoms with Crippen LogP contribution in [0.25, 0.3) is 0 Å². The Morgan fingerprint density at radius 2 is 2.04 bits per heavy atom. The maximum atomic E-state index is 13.4. The van der Waals surface area contributed by atoms with E-state index in [2.05, 4.69) is 21.2 Å². The van der Waals surface area contributed by atoms with Gasteiger partial charge in [0.2, 0.25) is 5.91 Å². The van der Waals surface area contributed by atoms with Crippen molar-refractivity contribution in [2.45, 2.75) is 45.3 Å². The van der Waals surface area contributed by atoms with Crippen molar-refractivity contribution in [1.82, 2.24) is 5.32 Å². The number of rotatable bonds is 7. The highest BCUT2D eigenvalue weighted by molar-refractivity contribution is 9.10. The molecule has 0 heterocycles. The van der Waals surface area contributed by atoms with Gasteiger partial charge in [-0.1, -0.05) is 6.07 Å². The van der Waals surface area contributed by atoms with Crippen LogP contribution in [0.5, 0.6) is 0 Å². The molecule has 1 aromatic carbocycles. The predicted octanol–water partition coefficient (Wildman–Crippen LogP) is 2.91. The molecule has 1 rings (SSSR count). The van der Waals surface area contributed by atoms with Crippen LogP contribution in [0.1, 0.15) is 32.8 Å². The molecule has 0 radical (unpaired) electrons. The Balaban J connectivity index is 2.56. The molecule has 0 bridgehead atoms. The van der Waals surface area contributed by atoms with Gasteiger partial charge in [0.25, 0.3) is 0 Å². The highest BCUT2D eigenvalue weighted by atomic mass is 79.9. The molecule has 23 heavy (non-hydrogen) atoms. The molecule has 0 aliphatic rings. The van der Waals surface area contributed by atoms with E-state index >= 15 is 0 Å². The van der Waals surface area contributed by atoms with E-state index < -0.39 is 23.7 Å². The van der Waals surface area contributed by atoms with E-state index in [9.17, 15) is 14.0 Å². The minimum absolute atomic E-state index is 0.0892. The maximum absolute atomic E-state index is 13.4. The number of hydrogen-bond donors (Lipinski definition) is 2. The van der Waals surface area contributed by atoms with Crippen LogP contribution < -0.4 is 5.32 Å². The zero-order valence-corrected chi connectivity index (χ0v) is 14.9. The molecular weight excluding hydrogens is 369 g/mol. The zero-order valence-electron chi connectivity index (χ0n) is 13.4. The lowest BCUT2D eigenvalue weighted by Crippen LogP contribution is -2.42. The molecule has 0 fully saturated rings. The summed E-state index contributed by atoms with van der Waals surface area (Å²) in [6, 6.07) is 3.31. The van der Waals surface area contributed by atoms with E-state index in [1.54, 1.807) is 6.07 Å². The van der Waals surface area contributed by atoms with Crippen LogP contribution in [0.2, 0.25) is 0 Å². The number of aliphatic carboxylic acids is 1. The van der Waals surface area contributed by atoms with Crippen molar-refractivity contribution in [1.29, 1.82) is 0 Å². The molecule has 1 aromatic rings. The molecule has 1 amide bonds. The SMILES string of the molecule is CC(C)(C)OCCC(NC(=O)Cc1ccc(Br)c(F)c1)C(=O)O. The van der Waals surface area contributed by atoms with Crippen molar-refractivity contribution < 1.29 is 23.8 Å². The Kier molecular flexibility index (Phi) is 7.15. The third-order valence-electron chi connectivity index (χ3n) is 2.92. The predicted molar refractivity (Wildman–Crippen MR) is 87.7 cm³/mol. The van der Waals surface area contributed by atoms with Gasteiger partial charge >= 0.3 is 5.97 Å². The Labute approximate surface area is 143 Å². The van der Waals surface area contributed by atoms with Gasteiger partial charge in [0, 0.05) is 13.0 Å². The van der Waals surface area contributed by atoms with Gasteiger partial charge < -0.3 is 15.2 Å². The van der Waals surface area contributed by atoms with E-state index in [4.69, 9.17) is 9.84 Å². The van der Waals surface area contributed by atoms with Gasteiger partial charge in [-0.15, -0.1) is 0 Å². The first kappa shape index (κ1) is 19.6. The van der Waals surface area contributed by atoms with Gasteiger partial charge in [-0.2, -0.15) is 0 Å². The standard InChI is InChI=1S/C16H21BrFNO4/c1-16(2,3)23-7-6-13(15(21)22)19-14(20)9-10-4-5-11(17)12(18)8-10/h4-5,8,13H,6-7,9H2,1-3H3,(H,19,20)(H,21,22). The number of halogens is 2. The molecule has 7 heteroatoms. The summed E-state index contributed by atoms with van der Waals surface area (Å²) >= 11 is 3.03. The van der Waals surface area contributed by atoms with E-state index in [0.717, 1.165) is 0 Å². The lowest BCUT2D eigenvalue weighted by molar-refractivity contribution is -0.142. The first-order chi connectivity index (χ1) is 10.6. The van der Waals surface area contributed by atoms with Crippen molar-refractivity contribution in [3.05, 3.63) is 34.1 Å². The first-order valence-corrected chi connectivity index (χ1v) is 7.98. The molecular formula is C16H21BrFNO4. The smallest absolute Gasteiger partial charge is 0.326 e. The van der Waals surface area contributed by atoms with Crippen molar-refractivity contribution in [2.24, 2.45) is 0 Å². The summed E-state index contributed by atoms with van der Waals surface area (Å²) in [4.78, 5) is 23.1. The van der Waals surface area contributed by atoms with E-state index in [0.29, 0.717) is 10.0 Å². The highest BCUT2D eigenvalue weighted by Gasteiger charge is 2.21. The molecule has 2 N–H and O–H groups in total. The summed E-state index contributed by atoms with van der Waals surface area (Å²) in [6.07, 6.45) is 0.0706. The number of hydrogen-bond acceptors (Lipinski definition) is 3. The third kappa shape index (κ3) is 7.56. The number of amides is 1. The number of benzene rings is 1. The molecule has 1 unspecified atom stereocenters. The minimum Gasteiger partial charge on any atom is -0.480 e. The summed E-state index contributed by atoms with van der Waals surface area (Å²) in [5.41, 5.74) is 0.0976. The molecule has 0 saturated heterocycles. The minimum atomic E-state index is -1.13. The third-order valence-corrected chi connectivity index (χ3v) is 3.57. The van der Waals surface area contributed by atoms with Crippen molar-refractivity contribution in [2.75, 3.05) is 6.61 Å².